The van der Waals surface area contributed by atoms with Crippen molar-refractivity contribution >= 4 is 18.4 Å². The molecule has 70 valence electrons. The first kappa shape index (κ1) is 11.7. The fourth-order valence-electron chi connectivity index (χ4n) is 1.04. The minimum absolute atomic E-state index is 0. The molecule has 1 aromatic rings. The monoisotopic (exact) mass is 198 g/mol. The molecule has 0 aromatic heterocycles. The van der Waals surface area contributed by atoms with Crippen molar-refractivity contribution in [3.63, 3.8) is 0 Å². The average Bonchev–Trinajstić information content (AvgIpc) is 2.07. The molecule has 1 atom stereocenters. The lowest BCUT2D eigenvalue weighted by Crippen LogP contribution is -2.07. The van der Waals surface area contributed by atoms with E-state index in [1.165, 1.54) is 6.08 Å². The molecule has 1 unspecified atom stereocenters. The van der Waals surface area contributed by atoms with Crippen LogP contribution >= 0.6 is 12.4 Å². The summed E-state index contributed by atoms with van der Waals surface area (Å²) in [5.74, 6) is -1.46. The van der Waals surface area contributed by atoms with E-state index in [1.54, 1.807) is 12.1 Å². The largest absolute Gasteiger partial charge is 0.481 e. The molecule has 3 heteroatoms. The minimum Gasteiger partial charge on any atom is -0.481 e. The molecule has 0 fully saturated rings. The van der Waals surface area contributed by atoms with Gasteiger partial charge in [-0.05, 0) is 5.56 Å². The third-order valence-corrected chi connectivity index (χ3v) is 1.66. The van der Waals surface area contributed by atoms with E-state index in [-0.39, 0.29) is 12.4 Å². The molecule has 1 N–H and O–H groups in total. The van der Waals surface area contributed by atoms with E-state index < -0.39 is 11.9 Å². The van der Waals surface area contributed by atoms with Crippen molar-refractivity contribution in [2.45, 2.75) is 5.92 Å². The van der Waals surface area contributed by atoms with Gasteiger partial charge in [0.05, 0.1) is 5.92 Å². The molecule has 0 aliphatic rings. The van der Waals surface area contributed by atoms with Gasteiger partial charge in [0.25, 0.3) is 0 Å². The zero-order valence-corrected chi connectivity index (χ0v) is 7.83. The van der Waals surface area contributed by atoms with Crippen LogP contribution in [0, 0.1) is 0 Å². The standard InChI is InChI=1S/C10H10O2.ClH/c1-2-9(10(11)12)8-6-4-3-5-7-8;/h2-7,9H,1H2,(H,11,12);1H. The molecule has 0 bridgehead atoms. The van der Waals surface area contributed by atoms with Crippen LogP contribution in [0.15, 0.2) is 43.0 Å². The molecule has 0 amide bonds. The number of hydrogen-bond donors (Lipinski definition) is 1. The van der Waals surface area contributed by atoms with Crippen LogP contribution in [0.2, 0.25) is 0 Å². The van der Waals surface area contributed by atoms with E-state index in [2.05, 4.69) is 6.58 Å². The van der Waals surface area contributed by atoms with Gasteiger partial charge < -0.3 is 5.11 Å². The van der Waals surface area contributed by atoms with Crippen LogP contribution in [-0.2, 0) is 4.79 Å². The van der Waals surface area contributed by atoms with Gasteiger partial charge in [-0.2, -0.15) is 0 Å². The number of carboxylic acid groups (broad SMARTS) is 1. The van der Waals surface area contributed by atoms with Crippen LogP contribution in [-0.4, -0.2) is 11.1 Å². The highest BCUT2D eigenvalue weighted by Gasteiger charge is 2.14. The zero-order chi connectivity index (χ0) is 8.97. The van der Waals surface area contributed by atoms with Crippen LogP contribution in [0.5, 0.6) is 0 Å². The Morgan fingerprint density at radius 1 is 1.38 bits per heavy atom. The molecule has 0 saturated heterocycles. The predicted molar refractivity (Wildman–Crippen MR) is 54.3 cm³/mol. The molecular weight excluding hydrogens is 188 g/mol. The van der Waals surface area contributed by atoms with Gasteiger partial charge in [0, 0.05) is 0 Å². The lowest BCUT2D eigenvalue weighted by Gasteiger charge is -2.05. The molecule has 1 aromatic carbocycles. The quantitative estimate of drug-likeness (QED) is 0.758. The summed E-state index contributed by atoms with van der Waals surface area (Å²) in [6, 6.07) is 9.04. The number of rotatable bonds is 3. The second-order valence-electron chi connectivity index (χ2n) is 2.46. The average molecular weight is 199 g/mol. The van der Waals surface area contributed by atoms with Gasteiger partial charge in [0.1, 0.15) is 0 Å². The fraction of sp³-hybridized carbons (Fsp3) is 0.100. The second kappa shape index (κ2) is 5.38. The molecule has 0 spiro atoms. The highest BCUT2D eigenvalue weighted by Crippen LogP contribution is 2.15. The summed E-state index contributed by atoms with van der Waals surface area (Å²) in [6.45, 7) is 3.48. The van der Waals surface area contributed by atoms with Crippen molar-refractivity contribution in [2.24, 2.45) is 0 Å². The maximum absolute atomic E-state index is 10.7. The van der Waals surface area contributed by atoms with Crippen molar-refractivity contribution in [3.05, 3.63) is 48.6 Å². The summed E-state index contributed by atoms with van der Waals surface area (Å²) in [4.78, 5) is 10.7. The van der Waals surface area contributed by atoms with E-state index in [0.29, 0.717) is 0 Å². The maximum Gasteiger partial charge on any atom is 0.314 e. The Balaban J connectivity index is 0.00000144. The van der Waals surface area contributed by atoms with Crippen molar-refractivity contribution in [2.75, 3.05) is 0 Å². The van der Waals surface area contributed by atoms with Gasteiger partial charge in [0.2, 0.25) is 0 Å². The summed E-state index contributed by atoms with van der Waals surface area (Å²) in [5, 5.41) is 8.76. The van der Waals surface area contributed by atoms with Crippen molar-refractivity contribution in [1.82, 2.24) is 0 Å². The van der Waals surface area contributed by atoms with E-state index in [4.69, 9.17) is 5.11 Å². The van der Waals surface area contributed by atoms with Gasteiger partial charge in [-0.25, -0.2) is 0 Å². The number of aliphatic carboxylic acids is 1. The van der Waals surface area contributed by atoms with Crippen molar-refractivity contribution in [3.8, 4) is 0 Å². The predicted octanol–water partition coefficient (Wildman–Crippen LogP) is 2.46. The number of hydrogen-bond acceptors (Lipinski definition) is 1. The topological polar surface area (TPSA) is 37.3 Å². The van der Waals surface area contributed by atoms with Crippen LogP contribution in [0.1, 0.15) is 11.5 Å². The van der Waals surface area contributed by atoms with Gasteiger partial charge in [0.15, 0.2) is 0 Å². The summed E-state index contributed by atoms with van der Waals surface area (Å²) >= 11 is 0. The van der Waals surface area contributed by atoms with E-state index in [0.717, 1.165) is 5.56 Å². The number of carbonyl (C=O) groups is 1. The van der Waals surface area contributed by atoms with Gasteiger partial charge in [-0.3, -0.25) is 4.79 Å². The number of halogens is 1. The summed E-state index contributed by atoms with van der Waals surface area (Å²) in [6.07, 6.45) is 1.43. The normalized spacial score (nSPS) is 11.1. The smallest absolute Gasteiger partial charge is 0.314 e. The van der Waals surface area contributed by atoms with E-state index >= 15 is 0 Å². The zero-order valence-electron chi connectivity index (χ0n) is 7.01. The van der Waals surface area contributed by atoms with Crippen LogP contribution in [0.4, 0.5) is 0 Å². The number of benzene rings is 1. The third-order valence-electron chi connectivity index (χ3n) is 1.66. The van der Waals surface area contributed by atoms with Crippen molar-refractivity contribution in [1.29, 1.82) is 0 Å². The fourth-order valence-corrected chi connectivity index (χ4v) is 1.04. The Kier molecular flexibility index (Phi) is 4.85. The van der Waals surface area contributed by atoms with Gasteiger partial charge >= 0.3 is 5.97 Å². The van der Waals surface area contributed by atoms with Crippen LogP contribution in [0.3, 0.4) is 0 Å². The molecule has 0 aliphatic heterocycles. The molecule has 1 rings (SSSR count). The molecule has 2 nitrogen and oxygen atoms in total. The number of carboxylic acids is 1. The first-order valence-corrected chi connectivity index (χ1v) is 3.66. The Hall–Kier alpha value is -1.28. The maximum atomic E-state index is 10.7. The second-order valence-corrected chi connectivity index (χ2v) is 2.46. The summed E-state index contributed by atoms with van der Waals surface area (Å²) in [7, 11) is 0. The van der Waals surface area contributed by atoms with Crippen LogP contribution < -0.4 is 0 Å². The molecule has 0 heterocycles. The molecular formula is C10H11ClO2. The van der Waals surface area contributed by atoms with E-state index in [1.807, 2.05) is 18.2 Å². The van der Waals surface area contributed by atoms with E-state index in [9.17, 15) is 4.79 Å². The lowest BCUT2D eigenvalue weighted by atomic mass is 10.00. The lowest BCUT2D eigenvalue weighted by molar-refractivity contribution is -0.137. The Labute approximate surface area is 83.3 Å². The Bertz CT molecular complexity index is 282. The minimum atomic E-state index is -0.865. The Morgan fingerprint density at radius 2 is 1.92 bits per heavy atom. The highest BCUT2D eigenvalue weighted by atomic mass is 35.5. The molecule has 0 saturated carbocycles. The van der Waals surface area contributed by atoms with Gasteiger partial charge in [-0.1, -0.05) is 36.4 Å². The van der Waals surface area contributed by atoms with Gasteiger partial charge in [-0.15, -0.1) is 19.0 Å². The molecule has 13 heavy (non-hydrogen) atoms. The Morgan fingerprint density at radius 3 is 2.31 bits per heavy atom. The molecule has 0 radical (unpaired) electrons. The summed E-state index contributed by atoms with van der Waals surface area (Å²) < 4.78 is 0. The first-order valence-electron chi connectivity index (χ1n) is 3.66. The summed E-state index contributed by atoms with van der Waals surface area (Å²) in [5.41, 5.74) is 0.764. The van der Waals surface area contributed by atoms with Crippen LogP contribution in [0.25, 0.3) is 0 Å². The third kappa shape index (κ3) is 2.92. The first-order chi connectivity index (χ1) is 5.75. The van der Waals surface area contributed by atoms with Crippen molar-refractivity contribution < 1.29 is 9.90 Å². The SMILES string of the molecule is C=CC(C(=O)O)c1ccccc1.Cl. The molecule has 0 aliphatic carbocycles. The highest BCUT2D eigenvalue weighted by molar-refractivity contribution is 5.85.